The molecule has 0 saturated carbocycles. The Balaban J connectivity index is 2.64. The van der Waals surface area contributed by atoms with Gasteiger partial charge < -0.3 is 9.05 Å². The number of carbonyl (C=O) groups is 1. The summed E-state index contributed by atoms with van der Waals surface area (Å²) in [6.07, 6.45) is 1.56. The average Bonchev–Trinajstić information content (AvgIpc) is 2.58. The van der Waals surface area contributed by atoms with Gasteiger partial charge in [-0.3, -0.25) is 14.2 Å². The number of hydrogen-bond acceptors (Lipinski definition) is 5. The van der Waals surface area contributed by atoms with Gasteiger partial charge in [-0.1, -0.05) is 44.2 Å². The fraction of sp³-hybridized carbons (Fsp3) is 0.526. The number of amides is 1. The fourth-order valence-electron chi connectivity index (χ4n) is 2.18. The average molecular weight is 383 g/mol. The van der Waals surface area contributed by atoms with Gasteiger partial charge in [-0.25, -0.2) is 5.06 Å². The molecule has 1 aromatic rings. The van der Waals surface area contributed by atoms with Crippen molar-refractivity contribution in [2.24, 2.45) is 0 Å². The summed E-state index contributed by atoms with van der Waals surface area (Å²) >= 11 is 0. The van der Waals surface area contributed by atoms with E-state index in [2.05, 4.69) is 26.0 Å². The second-order valence-electron chi connectivity index (χ2n) is 6.01. The first-order valence-electron chi connectivity index (χ1n) is 8.87. The summed E-state index contributed by atoms with van der Waals surface area (Å²) in [5, 5.41) is 1.22. The van der Waals surface area contributed by atoms with Gasteiger partial charge in [0.15, 0.2) is 0 Å². The van der Waals surface area contributed by atoms with Crippen molar-refractivity contribution in [1.29, 1.82) is 0 Å². The van der Waals surface area contributed by atoms with Crippen molar-refractivity contribution in [3.63, 3.8) is 0 Å². The quantitative estimate of drug-likeness (QED) is 0.403. The number of benzene rings is 1. The molecule has 0 spiro atoms. The summed E-state index contributed by atoms with van der Waals surface area (Å²) in [4.78, 5) is 17.3. The monoisotopic (exact) mass is 383 g/mol. The summed E-state index contributed by atoms with van der Waals surface area (Å²) in [6, 6.07) is 8.09. The van der Waals surface area contributed by atoms with Crippen molar-refractivity contribution in [3.8, 4) is 0 Å². The van der Waals surface area contributed by atoms with Crippen LogP contribution in [0.1, 0.15) is 51.7 Å². The first-order valence-corrected chi connectivity index (χ1v) is 10.5. The van der Waals surface area contributed by atoms with Crippen LogP contribution in [0.25, 0.3) is 0 Å². The lowest BCUT2D eigenvalue weighted by Gasteiger charge is -2.19. The van der Waals surface area contributed by atoms with Crippen LogP contribution in [0, 0.1) is 0 Å². The van der Waals surface area contributed by atoms with Crippen LogP contribution in [0.2, 0.25) is 0 Å². The normalized spacial score (nSPS) is 12.1. The van der Waals surface area contributed by atoms with Gasteiger partial charge in [0.05, 0.1) is 19.8 Å². The number of hydroxylamine groups is 2. The molecule has 146 valence electrons. The molecule has 0 radical (unpaired) electrons. The molecule has 0 fully saturated rings. The van der Waals surface area contributed by atoms with Gasteiger partial charge >= 0.3 is 7.60 Å². The summed E-state index contributed by atoms with van der Waals surface area (Å²) < 4.78 is 22.7. The molecule has 1 rings (SSSR count). The van der Waals surface area contributed by atoms with E-state index in [-0.39, 0.29) is 32.3 Å². The Labute approximate surface area is 156 Å². The van der Waals surface area contributed by atoms with Gasteiger partial charge in [0.25, 0.3) is 0 Å². The van der Waals surface area contributed by atoms with Crippen molar-refractivity contribution in [1.82, 2.24) is 5.06 Å². The molecule has 1 amide bonds. The Hall–Kier alpha value is -1.46. The standard InChI is InChI=1S/C19H30NO5P/c1-6-24-26(22,25-7-2)14-8-13-20(17(5)21)23-15-18-9-11-19(12-10-18)16(3)4/h8-12,14,16H,6-7,13,15H2,1-5H3/b14-8+. The van der Waals surface area contributed by atoms with Gasteiger partial charge in [-0.15, -0.1) is 0 Å². The van der Waals surface area contributed by atoms with Crippen LogP contribution in [0.5, 0.6) is 0 Å². The zero-order valence-corrected chi connectivity index (χ0v) is 17.2. The number of carbonyl (C=O) groups excluding carboxylic acids is 1. The van der Waals surface area contributed by atoms with Crippen molar-refractivity contribution in [2.75, 3.05) is 19.8 Å². The SMILES string of the molecule is CCOP(=O)(/C=C/CN(OCc1ccc(C(C)C)cc1)C(C)=O)OCC. The molecule has 0 aliphatic rings. The van der Waals surface area contributed by atoms with Crippen LogP contribution < -0.4 is 0 Å². The predicted octanol–water partition coefficient (Wildman–Crippen LogP) is 4.87. The van der Waals surface area contributed by atoms with Gasteiger partial charge in [0.2, 0.25) is 5.91 Å². The lowest BCUT2D eigenvalue weighted by molar-refractivity contribution is -0.185. The minimum atomic E-state index is -3.27. The van der Waals surface area contributed by atoms with Crippen LogP contribution in [-0.4, -0.2) is 30.7 Å². The van der Waals surface area contributed by atoms with Gasteiger partial charge in [0.1, 0.15) is 6.61 Å². The van der Waals surface area contributed by atoms with Gasteiger partial charge in [-0.05, 0) is 30.9 Å². The third-order valence-corrected chi connectivity index (χ3v) is 5.37. The molecule has 0 N–H and O–H groups in total. The lowest BCUT2D eigenvalue weighted by atomic mass is 10.0. The highest BCUT2D eigenvalue weighted by atomic mass is 31.2. The Morgan fingerprint density at radius 2 is 1.73 bits per heavy atom. The van der Waals surface area contributed by atoms with E-state index in [9.17, 15) is 9.36 Å². The minimum Gasteiger partial charge on any atom is -0.306 e. The molecule has 0 bridgehead atoms. The van der Waals surface area contributed by atoms with Gasteiger partial charge in [0, 0.05) is 12.7 Å². The highest BCUT2D eigenvalue weighted by Crippen LogP contribution is 2.49. The summed E-state index contributed by atoms with van der Waals surface area (Å²) in [7, 11) is -3.27. The molecule has 7 heteroatoms. The van der Waals surface area contributed by atoms with E-state index in [1.54, 1.807) is 19.9 Å². The predicted molar refractivity (Wildman–Crippen MR) is 103 cm³/mol. The molecule has 0 heterocycles. The molecular weight excluding hydrogens is 353 g/mol. The Kier molecular flexibility index (Phi) is 9.81. The Morgan fingerprint density at radius 1 is 1.15 bits per heavy atom. The smallest absolute Gasteiger partial charge is 0.306 e. The first kappa shape index (κ1) is 22.6. The van der Waals surface area contributed by atoms with Crippen molar-refractivity contribution in [2.45, 2.75) is 47.1 Å². The van der Waals surface area contributed by atoms with E-state index in [1.165, 1.54) is 23.4 Å². The highest BCUT2D eigenvalue weighted by molar-refractivity contribution is 7.57. The summed E-state index contributed by atoms with van der Waals surface area (Å²) in [6.45, 7) is 10.2. The maximum atomic E-state index is 12.4. The molecule has 26 heavy (non-hydrogen) atoms. The van der Waals surface area contributed by atoms with E-state index >= 15 is 0 Å². The van der Waals surface area contributed by atoms with E-state index < -0.39 is 7.60 Å². The van der Waals surface area contributed by atoms with E-state index in [4.69, 9.17) is 13.9 Å². The maximum absolute atomic E-state index is 12.4. The molecule has 0 unspecified atom stereocenters. The largest absolute Gasteiger partial charge is 0.353 e. The summed E-state index contributed by atoms with van der Waals surface area (Å²) in [5.41, 5.74) is 2.22. The molecule has 0 saturated heterocycles. The lowest BCUT2D eigenvalue weighted by Crippen LogP contribution is -2.29. The van der Waals surface area contributed by atoms with Crippen LogP contribution in [0.15, 0.2) is 36.2 Å². The summed E-state index contributed by atoms with van der Waals surface area (Å²) in [5.74, 6) is 1.60. The van der Waals surface area contributed by atoms with Crippen molar-refractivity contribution in [3.05, 3.63) is 47.3 Å². The topological polar surface area (TPSA) is 65.1 Å². The third kappa shape index (κ3) is 7.83. The minimum absolute atomic E-state index is 0.156. The van der Waals surface area contributed by atoms with E-state index in [1.807, 2.05) is 12.1 Å². The zero-order valence-electron chi connectivity index (χ0n) is 16.3. The van der Waals surface area contributed by atoms with E-state index in [0.717, 1.165) is 5.56 Å². The van der Waals surface area contributed by atoms with Crippen molar-refractivity contribution >= 4 is 13.5 Å². The third-order valence-electron chi connectivity index (χ3n) is 3.56. The molecule has 1 aromatic carbocycles. The highest BCUT2D eigenvalue weighted by Gasteiger charge is 2.19. The van der Waals surface area contributed by atoms with E-state index in [0.29, 0.717) is 5.92 Å². The fourth-order valence-corrected chi connectivity index (χ4v) is 3.50. The molecular formula is C19H30NO5P. The number of rotatable bonds is 11. The molecule has 0 aliphatic carbocycles. The Bertz CT molecular complexity index is 617. The Morgan fingerprint density at radius 3 is 2.19 bits per heavy atom. The van der Waals surface area contributed by atoms with Gasteiger partial charge in [-0.2, -0.15) is 0 Å². The second kappa shape index (κ2) is 11.3. The molecule has 0 atom stereocenters. The zero-order chi connectivity index (χ0) is 19.6. The van der Waals surface area contributed by atoms with Crippen LogP contribution in [0.4, 0.5) is 0 Å². The number of nitrogens with zero attached hydrogens (tertiary/aromatic N) is 1. The molecule has 0 aromatic heterocycles. The molecule has 6 nitrogen and oxygen atoms in total. The van der Waals surface area contributed by atoms with Crippen LogP contribution in [-0.2, 0) is 29.9 Å². The first-order chi connectivity index (χ1) is 12.3. The second-order valence-corrected chi connectivity index (χ2v) is 7.90. The van der Waals surface area contributed by atoms with Crippen molar-refractivity contribution < 1.29 is 23.2 Å². The molecule has 0 aliphatic heterocycles. The number of hydrogen-bond donors (Lipinski definition) is 0. The maximum Gasteiger partial charge on any atom is 0.353 e. The van der Waals surface area contributed by atoms with Crippen LogP contribution >= 0.6 is 7.60 Å². The van der Waals surface area contributed by atoms with Crippen LogP contribution in [0.3, 0.4) is 0 Å².